The average Bonchev–Trinajstić information content (AvgIpc) is 2.90. The summed E-state index contributed by atoms with van der Waals surface area (Å²) < 4.78 is 13.8. The Balaban J connectivity index is 1.71. The van der Waals surface area contributed by atoms with Crippen molar-refractivity contribution < 1.29 is 14.3 Å². The van der Waals surface area contributed by atoms with Crippen molar-refractivity contribution in [2.24, 2.45) is 5.41 Å². The highest BCUT2D eigenvalue weighted by molar-refractivity contribution is 5.91. The monoisotopic (exact) mass is 309 g/mol. The lowest BCUT2D eigenvalue weighted by atomic mass is 9.84. The van der Waals surface area contributed by atoms with Crippen molar-refractivity contribution >= 4 is 5.91 Å². The van der Waals surface area contributed by atoms with Crippen LogP contribution in [0.5, 0.6) is 0 Å². The van der Waals surface area contributed by atoms with Crippen molar-refractivity contribution in [3.05, 3.63) is 17.2 Å². The maximum atomic E-state index is 13.8. The third-order valence-electron chi connectivity index (χ3n) is 5.21. The van der Waals surface area contributed by atoms with Crippen LogP contribution in [0.25, 0.3) is 0 Å². The summed E-state index contributed by atoms with van der Waals surface area (Å²) in [6.07, 6.45) is 2.21. The fourth-order valence-corrected chi connectivity index (χ4v) is 3.65. The van der Waals surface area contributed by atoms with Crippen LogP contribution in [0.3, 0.4) is 0 Å². The van der Waals surface area contributed by atoms with Crippen LogP contribution in [0, 0.1) is 5.41 Å². The van der Waals surface area contributed by atoms with Crippen molar-refractivity contribution in [2.45, 2.75) is 38.5 Å². The number of nitrogens with one attached hydrogen (secondary N) is 1. The second-order valence-corrected chi connectivity index (χ2v) is 6.54. The van der Waals surface area contributed by atoms with Crippen LogP contribution in [0.4, 0.5) is 4.39 Å². The van der Waals surface area contributed by atoms with Crippen LogP contribution in [-0.2, 0) is 10.2 Å². The zero-order valence-electron chi connectivity index (χ0n) is 12.8. The van der Waals surface area contributed by atoms with Gasteiger partial charge in [0.15, 0.2) is 11.7 Å². The first kappa shape index (κ1) is 15.1. The molecule has 0 bridgehead atoms. The Kier molecular flexibility index (Phi) is 3.51. The molecule has 2 fully saturated rings. The highest BCUT2D eigenvalue weighted by Crippen LogP contribution is 2.68. The summed E-state index contributed by atoms with van der Waals surface area (Å²) in [7, 11) is 0. The average molecular weight is 309 g/mol. The molecule has 0 radical (unpaired) electrons. The van der Waals surface area contributed by atoms with Crippen LogP contribution in [0.2, 0.25) is 0 Å². The number of piperidine rings is 1. The molecule has 1 aromatic rings. The smallest absolute Gasteiger partial charge is 0.282 e. The van der Waals surface area contributed by atoms with E-state index in [0.29, 0.717) is 37.3 Å². The molecule has 1 saturated heterocycles. The van der Waals surface area contributed by atoms with E-state index in [1.807, 2.05) is 0 Å². The number of aliphatic hydroxyl groups excluding tert-OH is 1. The molecular formula is C14H20FN5O2. The van der Waals surface area contributed by atoms with Gasteiger partial charge in [0.25, 0.3) is 5.91 Å². The number of aliphatic hydroxyl groups is 1. The lowest BCUT2D eigenvalue weighted by Crippen LogP contribution is -2.42. The van der Waals surface area contributed by atoms with E-state index < -0.39 is 17.1 Å². The van der Waals surface area contributed by atoms with Crippen LogP contribution in [0.1, 0.15) is 38.9 Å². The minimum absolute atomic E-state index is 0.0389. The van der Waals surface area contributed by atoms with E-state index in [2.05, 4.69) is 20.6 Å². The van der Waals surface area contributed by atoms with Gasteiger partial charge in [-0.15, -0.1) is 10.2 Å². The summed E-state index contributed by atoms with van der Waals surface area (Å²) >= 11 is 0. The predicted octanol–water partition coefficient (Wildman–Crippen LogP) is 0.706. The number of carbonyl (C=O) groups excluding carboxylic acids is 1. The SMILES string of the molecule is CC(C)=C(F)C(=O)N1CCC2(CC1)CC2(CO)c1nn[nH]n1. The molecule has 3 rings (SSSR count). The molecule has 1 spiro atoms. The van der Waals surface area contributed by atoms with Gasteiger partial charge in [0, 0.05) is 13.1 Å². The molecule has 1 aromatic heterocycles. The van der Waals surface area contributed by atoms with Gasteiger partial charge in [0.2, 0.25) is 0 Å². The molecule has 2 aliphatic rings. The normalized spacial score (nSPS) is 26.1. The van der Waals surface area contributed by atoms with Gasteiger partial charge in [-0.05, 0) is 44.1 Å². The summed E-state index contributed by atoms with van der Waals surface area (Å²) in [6, 6.07) is 0. The lowest BCUT2D eigenvalue weighted by molar-refractivity contribution is -0.130. The maximum Gasteiger partial charge on any atom is 0.282 e. The molecule has 0 aromatic carbocycles. The largest absolute Gasteiger partial charge is 0.395 e. The van der Waals surface area contributed by atoms with Crippen molar-refractivity contribution in [1.82, 2.24) is 25.5 Å². The number of likely N-dealkylation sites (tertiary alicyclic amines) is 1. The molecule has 22 heavy (non-hydrogen) atoms. The third-order valence-corrected chi connectivity index (χ3v) is 5.21. The van der Waals surface area contributed by atoms with Gasteiger partial charge in [-0.25, -0.2) is 4.39 Å². The number of halogens is 1. The molecule has 120 valence electrons. The van der Waals surface area contributed by atoms with Crippen LogP contribution in [0.15, 0.2) is 11.4 Å². The first-order chi connectivity index (χ1) is 10.5. The molecule has 1 aliphatic carbocycles. The molecular weight excluding hydrogens is 289 g/mol. The van der Waals surface area contributed by atoms with E-state index >= 15 is 0 Å². The van der Waals surface area contributed by atoms with Gasteiger partial charge in [-0.2, -0.15) is 5.21 Å². The number of hydrogen-bond acceptors (Lipinski definition) is 5. The van der Waals surface area contributed by atoms with E-state index in [9.17, 15) is 14.3 Å². The number of tetrazole rings is 1. The molecule has 2 N–H and O–H groups in total. The minimum atomic E-state index is -0.668. The topological polar surface area (TPSA) is 95.0 Å². The Bertz CT molecular complexity index is 603. The third kappa shape index (κ3) is 2.05. The lowest BCUT2D eigenvalue weighted by Gasteiger charge is -2.34. The fourth-order valence-electron chi connectivity index (χ4n) is 3.65. The Labute approximate surface area is 127 Å². The molecule has 1 aliphatic heterocycles. The second-order valence-electron chi connectivity index (χ2n) is 6.54. The number of amides is 1. The van der Waals surface area contributed by atoms with E-state index in [1.54, 1.807) is 18.7 Å². The number of rotatable bonds is 3. The van der Waals surface area contributed by atoms with Crippen LogP contribution >= 0.6 is 0 Å². The van der Waals surface area contributed by atoms with Crippen molar-refractivity contribution in [3.63, 3.8) is 0 Å². The Hall–Kier alpha value is -1.83. The zero-order valence-corrected chi connectivity index (χ0v) is 12.8. The van der Waals surface area contributed by atoms with E-state index in [4.69, 9.17) is 0 Å². The summed E-state index contributed by atoms with van der Waals surface area (Å²) in [4.78, 5) is 13.6. The second kappa shape index (κ2) is 5.12. The van der Waals surface area contributed by atoms with Gasteiger partial charge in [0.05, 0.1) is 12.0 Å². The molecule has 1 unspecified atom stereocenters. The van der Waals surface area contributed by atoms with Crippen molar-refractivity contribution in [2.75, 3.05) is 19.7 Å². The number of nitrogens with zero attached hydrogens (tertiary/aromatic N) is 4. The number of allylic oxidation sites excluding steroid dienone is 1. The zero-order chi connectivity index (χ0) is 16.0. The molecule has 7 nitrogen and oxygen atoms in total. The van der Waals surface area contributed by atoms with E-state index in [0.717, 1.165) is 6.42 Å². The number of H-pyrrole nitrogens is 1. The fraction of sp³-hybridized carbons (Fsp3) is 0.714. The van der Waals surface area contributed by atoms with Crippen molar-refractivity contribution in [3.8, 4) is 0 Å². The Morgan fingerprint density at radius 3 is 2.59 bits per heavy atom. The number of aromatic amines is 1. The van der Waals surface area contributed by atoms with E-state index in [1.165, 1.54) is 0 Å². The highest BCUT2D eigenvalue weighted by Gasteiger charge is 2.70. The van der Waals surface area contributed by atoms with Gasteiger partial charge >= 0.3 is 0 Å². The molecule has 2 heterocycles. The Morgan fingerprint density at radius 2 is 2.09 bits per heavy atom. The summed E-state index contributed by atoms with van der Waals surface area (Å²) in [5.74, 6) is -0.673. The summed E-state index contributed by atoms with van der Waals surface area (Å²) in [5.41, 5.74) is -0.179. The number of hydrogen-bond donors (Lipinski definition) is 2. The maximum absolute atomic E-state index is 13.8. The number of aromatic nitrogens is 4. The summed E-state index contributed by atoms with van der Waals surface area (Å²) in [5, 5.41) is 23.9. The molecule has 1 atom stereocenters. The minimum Gasteiger partial charge on any atom is -0.395 e. The van der Waals surface area contributed by atoms with Gasteiger partial charge in [0.1, 0.15) is 0 Å². The van der Waals surface area contributed by atoms with Gasteiger partial charge in [-0.1, -0.05) is 5.21 Å². The van der Waals surface area contributed by atoms with Crippen molar-refractivity contribution in [1.29, 1.82) is 0 Å². The number of carbonyl (C=O) groups is 1. The van der Waals surface area contributed by atoms with Crippen LogP contribution in [-0.4, -0.2) is 56.2 Å². The van der Waals surface area contributed by atoms with E-state index in [-0.39, 0.29) is 12.0 Å². The van der Waals surface area contributed by atoms with Gasteiger partial charge in [-0.3, -0.25) is 4.79 Å². The van der Waals surface area contributed by atoms with Gasteiger partial charge < -0.3 is 10.0 Å². The van der Waals surface area contributed by atoms with Crippen LogP contribution < -0.4 is 0 Å². The standard InChI is InChI=1S/C14H20FN5O2/c1-9(2)10(15)11(22)20-5-3-13(4-6-20)7-14(13,8-21)12-16-18-19-17-12/h21H,3-8H2,1-2H3,(H,16,17,18,19). The molecule has 8 heteroatoms. The quantitative estimate of drug-likeness (QED) is 0.802. The summed E-state index contributed by atoms with van der Waals surface area (Å²) in [6.45, 7) is 4.11. The molecule has 1 amide bonds. The predicted molar refractivity (Wildman–Crippen MR) is 75.3 cm³/mol. The molecule has 1 saturated carbocycles. The highest BCUT2D eigenvalue weighted by atomic mass is 19.1. The first-order valence-corrected chi connectivity index (χ1v) is 7.43. The first-order valence-electron chi connectivity index (χ1n) is 7.43. The Morgan fingerprint density at radius 1 is 1.41 bits per heavy atom.